The summed E-state index contributed by atoms with van der Waals surface area (Å²) < 4.78 is 0. The second-order valence-corrected chi connectivity index (χ2v) is 8.92. The number of fused-ring (bicyclic) bond motifs is 1. The summed E-state index contributed by atoms with van der Waals surface area (Å²) in [6, 6.07) is 10.8. The Labute approximate surface area is 185 Å². The van der Waals surface area contributed by atoms with Crippen molar-refractivity contribution >= 4 is 35.0 Å². The van der Waals surface area contributed by atoms with Gasteiger partial charge in [-0.2, -0.15) is 0 Å². The number of hydrogen-bond donors (Lipinski definition) is 1. The lowest BCUT2D eigenvalue weighted by atomic mass is 10.0. The molecule has 162 valence electrons. The van der Waals surface area contributed by atoms with Crippen LogP contribution in [-0.2, 0) is 16.0 Å². The number of carbonyl (C=O) groups is 4. The van der Waals surface area contributed by atoms with Crippen LogP contribution in [-0.4, -0.2) is 59.1 Å². The number of nitrogens with one attached hydrogen (secondary N) is 1. The van der Waals surface area contributed by atoms with Crippen molar-refractivity contribution in [2.75, 3.05) is 19.6 Å². The molecule has 2 aromatic rings. The Morgan fingerprint density at radius 3 is 2.29 bits per heavy atom. The molecule has 4 amide bonds. The van der Waals surface area contributed by atoms with Gasteiger partial charge in [0.1, 0.15) is 0 Å². The maximum atomic E-state index is 12.4. The highest BCUT2D eigenvalue weighted by molar-refractivity contribution is 7.10. The summed E-state index contributed by atoms with van der Waals surface area (Å²) in [5.41, 5.74) is 0.856. The molecule has 3 heterocycles. The Kier molecular flexibility index (Phi) is 6.46. The molecule has 0 unspecified atom stereocenters. The van der Waals surface area contributed by atoms with Crippen LogP contribution in [0.2, 0.25) is 0 Å². The zero-order valence-electron chi connectivity index (χ0n) is 17.2. The number of amides is 4. The highest BCUT2D eigenvalue weighted by Crippen LogP contribution is 2.22. The highest BCUT2D eigenvalue weighted by atomic mass is 32.1. The van der Waals surface area contributed by atoms with Crippen molar-refractivity contribution < 1.29 is 19.2 Å². The summed E-state index contributed by atoms with van der Waals surface area (Å²) in [6.07, 6.45) is 2.59. The zero-order chi connectivity index (χ0) is 21.8. The average Bonchev–Trinajstić information content (AvgIpc) is 3.37. The van der Waals surface area contributed by atoms with Crippen LogP contribution in [0, 0.1) is 0 Å². The summed E-state index contributed by atoms with van der Waals surface area (Å²) in [6.45, 7) is 1.52. The fourth-order valence-corrected chi connectivity index (χ4v) is 4.78. The van der Waals surface area contributed by atoms with Gasteiger partial charge < -0.3 is 10.2 Å². The van der Waals surface area contributed by atoms with Crippen LogP contribution in [0.25, 0.3) is 0 Å². The van der Waals surface area contributed by atoms with Gasteiger partial charge in [-0.25, -0.2) is 0 Å². The summed E-state index contributed by atoms with van der Waals surface area (Å²) in [7, 11) is 0. The van der Waals surface area contributed by atoms with Gasteiger partial charge in [0, 0.05) is 37.0 Å². The summed E-state index contributed by atoms with van der Waals surface area (Å²) >= 11 is 1.59. The van der Waals surface area contributed by atoms with E-state index in [1.165, 1.54) is 4.90 Å². The summed E-state index contributed by atoms with van der Waals surface area (Å²) in [5.74, 6) is -0.533. The molecule has 2 aliphatic heterocycles. The van der Waals surface area contributed by atoms with Crippen molar-refractivity contribution in [2.24, 2.45) is 0 Å². The fraction of sp³-hybridized carbons (Fsp3) is 0.391. The SMILES string of the molecule is O=C(CCCN1C(=O)c2ccccc2C1=O)NC1CCN(C(=O)Cc2cccs2)CC1. The Morgan fingerprint density at radius 2 is 1.68 bits per heavy atom. The first-order valence-electron chi connectivity index (χ1n) is 10.6. The molecule has 1 aromatic heterocycles. The van der Waals surface area contributed by atoms with Crippen LogP contribution in [0.5, 0.6) is 0 Å². The number of rotatable bonds is 7. The Hall–Kier alpha value is -3.00. The van der Waals surface area contributed by atoms with Crippen molar-refractivity contribution in [3.63, 3.8) is 0 Å². The van der Waals surface area contributed by atoms with E-state index in [2.05, 4.69) is 5.32 Å². The maximum Gasteiger partial charge on any atom is 0.261 e. The molecule has 0 atom stereocenters. The van der Waals surface area contributed by atoms with Gasteiger partial charge in [-0.05, 0) is 42.8 Å². The van der Waals surface area contributed by atoms with E-state index in [0.29, 0.717) is 37.1 Å². The number of hydrogen-bond acceptors (Lipinski definition) is 5. The van der Waals surface area contributed by atoms with E-state index in [0.717, 1.165) is 17.7 Å². The normalized spacial score (nSPS) is 16.5. The number of carbonyl (C=O) groups excluding carboxylic acids is 4. The lowest BCUT2D eigenvalue weighted by molar-refractivity contribution is -0.131. The molecular weight excluding hydrogens is 414 g/mol. The van der Waals surface area contributed by atoms with Gasteiger partial charge in [0.15, 0.2) is 0 Å². The van der Waals surface area contributed by atoms with Crippen LogP contribution in [0.1, 0.15) is 51.3 Å². The van der Waals surface area contributed by atoms with E-state index in [-0.39, 0.29) is 42.6 Å². The van der Waals surface area contributed by atoms with Crippen molar-refractivity contribution in [2.45, 2.75) is 38.1 Å². The first kappa shape index (κ1) is 21.2. The number of nitrogens with zero attached hydrogens (tertiary/aromatic N) is 2. The second-order valence-electron chi connectivity index (χ2n) is 7.89. The average molecular weight is 440 g/mol. The third kappa shape index (κ3) is 4.85. The molecule has 2 aliphatic rings. The molecule has 8 heteroatoms. The van der Waals surface area contributed by atoms with Gasteiger partial charge in [-0.3, -0.25) is 24.1 Å². The van der Waals surface area contributed by atoms with Crippen LogP contribution in [0.3, 0.4) is 0 Å². The zero-order valence-corrected chi connectivity index (χ0v) is 18.0. The molecule has 0 aliphatic carbocycles. The smallest absolute Gasteiger partial charge is 0.261 e. The minimum atomic E-state index is -0.291. The minimum Gasteiger partial charge on any atom is -0.353 e. The van der Waals surface area contributed by atoms with Crippen molar-refractivity contribution in [1.82, 2.24) is 15.1 Å². The molecule has 1 saturated heterocycles. The molecule has 31 heavy (non-hydrogen) atoms. The van der Waals surface area contributed by atoms with Crippen molar-refractivity contribution in [1.29, 1.82) is 0 Å². The van der Waals surface area contributed by atoms with Crippen molar-refractivity contribution in [3.05, 3.63) is 57.8 Å². The number of piperidine rings is 1. The molecule has 0 spiro atoms. The molecule has 0 radical (unpaired) electrons. The Morgan fingerprint density at radius 1 is 1.00 bits per heavy atom. The first-order chi connectivity index (χ1) is 15.0. The number of imide groups is 1. The van der Waals surface area contributed by atoms with E-state index in [9.17, 15) is 19.2 Å². The summed E-state index contributed by atoms with van der Waals surface area (Å²) in [5, 5.41) is 5.00. The quantitative estimate of drug-likeness (QED) is 0.672. The molecule has 7 nitrogen and oxygen atoms in total. The standard InChI is InChI=1S/C23H25N3O4S/c27-20(8-3-11-26-22(29)18-6-1-2-7-19(18)23(26)30)24-16-9-12-25(13-10-16)21(28)15-17-5-4-14-31-17/h1-2,4-7,14,16H,3,8-13,15H2,(H,24,27). The van der Waals surface area contributed by atoms with Gasteiger partial charge >= 0.3 is 0 Å². The van der Waals surface area contributed by atoms with Crippen LogP contribution >= 0.6 is 11.3 Å². The second kappa shape index (κ2) is 9.43. The van der Waals surface area contributed by atoms with E-state index >= 15 is 0 Å². The number of benzene rings is 1. The topological polar surface area (TPSA) is 86.8 Å². The van der Waals surface area contributed by atoms with E-state index in [1.54, 1.807) is 35.6 Å². The lowest BCUT2D eigenvalue weighted by Crippen LogP contribution is -2.47. The molecule has 1 aromatic carbocycles. The van der Waals surface area contributed by atoms with Gasteiger partial charge in [0.05, 0.1) is 17.5 Å². The molecule has 4 rings (SSSR count). The number of likely N-dealkylation sites (tertiary alicyclic amines) is 1. The van der Waals surface area contributed by atoms with Crippen LogP contribution in [0.4, 0.5) is 0 Å². The largest absolute Gasteiger partial charge is 0.353 e. The molecule has 0 saturated carbocycles. The third-order valence-electron chi connectivity index (χ3n) is 5.78. The van der Waals surface area contributed by atoms with Gasteiger partial charge in [0.25, 0.3) is 11.8 Å². The Bertz CT molecular complexity index is 945. The van der Waals surface area contributed by atoms with Gasteiger partial charge in [-0.15, -0.1) is 11.3 Å². The van der Waals surface area contributed by atoms with Gasteiger partial charge in [-0.1, -0.05) is 18.2 Å². The minimum absolute atomic E-state index is 0.0533. The maximum absolute atomic E-state index is 12.4. The fourth-order valence-electron chi connectivity index (χ4n) is 4.09. The van der Waals surface area contributed by atoms with Crippen molar-refractivity contribution in [3.8, 4) is 0 Å². The predicted molar refractivity (Wildman–Crippen MR) is 117 cm³/mol. The predicted octanol–water partition coefficient (Wildman–Crippen LogP) is 2.47. The van der Waals surface area contributed by atoms with Crippen LogP contribution in [0.15, 0.2) is 41.8 Å². The molecular formula is C23H25N3O4S. The molecule has 1 fully saturated rings. The highest BCUT2D eigenvalue weighted by Gasteiger charge is 2.34. The summed E-state index contributed by atoms with van der Waals surface area (Å²) in [4.78, 5) is 53.6. The van der Waals surface area contributed by atoms with Gasteiger partial charge in [0.2, 0.25) is 11.8 Å². The first-order valence-corrected chi connectivity index (χ1v) is 11.5. The van der Waals surface area contributed by atoms with E-state index in [4.69, 9.17) is 0 Å². The Balaban J connectivity index is 1.16. The molecule has 1 N–H and O–H groups in total. The number of thiophene rings is 1. The van der Waals surface area contributed by atoms with E-state index < -0.39 is 0 Å². The lowest BCUT2D eigenvalue weighted by Gasteiger charge is -2.32. The van der Waals surface area contributed by atoms with Crippen LogP contribution < -0.4 is 5.32 Å². The molecule has 0 bridgehead atoms. The van der Waals surface area contributed by atoms with E-state index in [1.807, 2.05) is 22.4 Å². The monoisotopic (exact) mass is 439 g/mol. The third-order valence-corrected chi connectivity index (χ3v) is 6.66.